The van der Waals surface area contributed by atoms with E-state index in [2.05, 4.69) is 4.72 Å². The first-order chi connectivity index (χ1) is 9.02. The summed E-state index contributed by atoms with van der Waals surface area (Å²) in [6.45, 7) is 2.90. The van der Waals surface area contributed by atoms with E-state index < -0.39 is 10.0 Å². The number of fused-ring (bicyclic) bond motifs is 1. The Labute approximate surface area is 112 Å². The summed E-state index contributed by atoms with van der Waals surface area (Å²) >= 11 is 0. The average Bonchev–Trinajstić information content (AvgIpc) is 2.54. The molecule has 0 unspecified atom stereocenters. The molecular weight excluding hydrogens is 268 g/mol. The fourth-order valence-corrected chi connectivity index (χ4v) is 2.95. The van der Waals surface area contributed by atoms with Gasteiger partial charge in [-0.15, -0.1) is 0 Å². The number of nitrogens with two attached hydrogens (primary N) is 1. The Kier molecular flexibility index (Phi) is 4.04. The predicted molar refractivity (Wildman–Crippen MR) is 74.2 cm³/mol. The van der Waals surface area contributed by atoms with Crippen LogP contribution < -0.4 is 19.9 Å². The van der Waals surface area contributed by atoms with Crippen LogP contribution in [0.5, 0.6) is 11.5 Å². The van der Waals surface area contributed by atoms with Gasteiger partial charge in [-0.05, 0) is 6.42 Å². The van der Waals surface area contributed by atoms with Gasteiger partial charge in [-0.3, -0.25) is 4.72 Å². The first-order valence-electron chi connectivity index (χ1n) is 6.21. The predicted octanol–water partition coefficient (Wildman–Crippen LogP) is 1.58. The van der Waals surface area contributed by atoms with Crippen molar-refractivity contribution in [3.8, 4) is 11.5 Å². The van der Waals surface area contributed by atoms with E-state index in [0.29, 0.717) is 42.5 Å². The number of nitrogens with one attached hydrogen (secondary N) is 1. The first kappa shape index (κ1) is 13.8. The monoisotopic (exact) mass is 286 g/mol. The van der Waals surface area contributed by atoms with Gasteiger partial charge in [-0.1, -0.05) is 6.92 Å². The Morgan fingerprint density at radius 2 is 1.89 bits per heavy atom. The smallest absolute Gasteiger partial charge is 0.232 e. The minimum atomic E-state index is -3.37. The van der Waals surface area contributed by atoms with Crippen molar-refractivity contribution in [1.29, 1.82) is 0 Å². The second kappa shape index (κ2) is 5.56. The molecule has 0 saturated carbocycles. The molecule has 0 bridgehead atoms. The van der Waals surface area contributed by atoms with E-state index in [4.69, 9.17) is 15.2 Å². The molecule has 0 fully saturated rings. The SMILES string of the molecule is CCCS(=O)(=O)Nc1cc2c(cc1N)OCCCO2. The second-order valence-electron chi connectivity index (χ2n) is 4.36. The van der Waals surface area contributed by atoms with Crippen molar-refractivity contribution in [1.82, 2.24) is 0 Å². The van der Waals surface area contributed by atoms with Crippen molar-refractivity contribution in [2.75, 3.05) is 29.4 Å². The summed E-state index contributed by atoms with van der Waals surface area (Å²) in [5, 5.41) is 0. The molecule has 1 aliphatic heterocycles. The third-order valence-corrected chi connectivity index (χ3v) is 4.13. The summed E-state index contributed by atoms with van der Waals surface area (Å²) in [5.74, 6) is 1.12. The summed E-state index contributed by atoms with van der Waals surface area (Å²) in [5.41, 5.74) is 6.49. The number of ether oxygens (including phenoxy) is 2. The highest BCUT2D eigenvalue weighted by Crippen LogP contribution is 2.37. The van der Waals surface area contributed by atoms with Crippen molar-refractivity contribution in [2.45, 2.75) is 19.8 Å². The zero-order chi connectivity index (χ0) is 13.9. The lowest BCUT2D eigenvalue weighted by Crippen LogP contribution is -2.17. The average molecular weight is 286 g/mol. The van der Waals surface area contributed by atoms with Gasteiger partial charge in [0, 0.05) is 18.6 Å². The van der Waals surface area contributed by atoms with E-state index in [1.807, 2.05) is 0 Å². The molecule has 2 rings (SSSR count). The molecule has 0 aliphatic carbocycles. The molecule has 106 valence electrons. The molecular formula is C12H18N2O4S. The van der Waals surface area contributed by atoms with Gasteiger partial charge in [0.1, 0.15) is 0 Å². The van der Waals surface area contributed by atoms with Crippen LogP contribution in [0.15, 0.2) is 12.1 Å². The maximum Gasteiger partial charge on any atom is 0.232 e. The summed E-state index contributed by atoms with van der Waals surface area (Å²) in [7, 11) is -3.37. The quantitative estimate of drug-likeness (QED) is 0.820. The highest BCUT2D eigenvalue weighted by molar-refractivity contribution is 7.92. The minimum absolute atomic E-state index is 0.0564. The fraction of sp³-hybridized carbons (Fsp3) is 0.500. The van der Waals surface area contributed by atoms with Gasteiger partial charge in [0.2, 0.25) is 10.0 Å². The normalized spacial score (nSPS) is 14.8. The van der Waals surface area contributed by atoms with Crippen LogP contribution in [0.2, 0.25) is 0 Å². The Hall–Kier alpha value is -1.63. The summed E-state index contributed by atoms with van der Waals surface area (Å²) < 4.78 is 37.0. The number of hydrogen-bond donors (Lipinski definition) is 2. The van der Waals surface area contributed by atoms with Crippen LogP contribution in [0.3, 0.4) is 0 Å². The van der Waals surface area contributed by atoms with Gasteiger partial charge >= 0.3 is 0 Å². The third kappa shape index (κ3) is 3.44. The van der Waals surface area contributed by atoms with Crippen LogP contribution in [0.25, 0.3) is 0 Å². The number of anilines is 2. The van der Waals surface area contributed by atoms with Crippen molar-refractivity contribution in [3.05, 3.63) is 12.1 Å². The van der Waals surface area contributed by atoms with Crippen molar-refractivity contribution >= 4 is 21.4 Å². The Bertz CT molecular complexity index is 557. The van der Waals surface area contributed by atoms with Crippen molar-refractivity contribution in [3.63, 3.8) is 0 Å². The molecule has 7 heteroatoms. The van der Waals surface area contributed by atoms with Gasteiger partial charge in [0.05, 0.1) is 30.3 Å². The molecule has 0 saturated heterocycles. The van der Waals surface area contributed by atoms with Gasteiger partial charge in [0.25, 0.3) is 0 Å². The Morgan fingerprint density at radius 3 is 2.53 bits per heavy atom. The standard InChI is InChI=1S/C12H18N2O4S/c1-2-6-19(15,16)14-10-8-12-11(7-9(10)13)17-4-3-5-18-12/h7-8,14H,2-6,13H2,1H3. The number of benzene rings is 1. The van der Waals surface area contributed by atoms with Crippen molar-refractivity contribution < 1.29 is 17.9 Å². The van der Waals surface area contributed by atoms with Crippen LogP contribution >= 0.6 is 0 Å². The lowest BCUT2D eigenvalue weighted by molar-refractivity contribution is 0.297. The van der Waals surface area contributed by atoms with E-state index in [0.717, 1.165) is 6.42 Å². The molecule has 0 radical (unpaired) electrons. The molecule has 1 aliphatic rings. The number of hydrogen-bond acceptors (Lipinski definition) is 5. The van der Waals surface area contributed by atoms with Gasteiger partial charge in [0.15, 0.2) is 11.5 Å². The zero-order valence-corrected chi connectivity index (χ0v) is 11.6. The van der Waals surface area contributed by atoms with E-state index in [9.17, 15) is 8.42 Å². The van der Waals surface area contributed by atoms with Crippen LogP contribution in [0, 0.1) is 0 Å². The number of sulfonamides is 1. The zero-order valence-electron chi connectivity index (χ0n) is 10.8. The summed E-state index contributed by atoms with van der Waals surface area (Å²) in [4.78, 5) is 0. The maximum atomic E-state index is 11.7. The minimum Gasteiger partial charge on any atom is -0.489 e. The number of nitrogen functional groups attached to an aromatic ring is 1. The Morgan fingerprint density at radius 1 is 1.26 bits per heavy atom. The second-order valence-corrected chi connectivity index (χ2v) is 6.20. The molecule has 3 N–H and O–H groups in total. The number of rotatable bonds is 4. The van der Waals surface area contributed by atoms with Gasteiger partial charge in [-0.2, -0.15) is 0 Å². The molecule has 0 spiro atoms. The molecule has 0 amide bonds. The van der Waals surface area contributed by atoms with E-state index in [1.165, 1.54) is 0 Å². The van der Waals surface area contributed by atoms with Crippen molar-refractivity contribution in [2.24, 2.45) is 0 Å². The molecule has 0 atom stereocenters. The molecule has 19 heavy (non-hydrogen) atoms. The Balaban J connectivity index is 2.29. The summed E-state index contributed by atoms with van der Waals surface area (Å²) in [6, 6.07) is 3.16. The molecule has 1 aromatic carbocycles. The highest BCUT2D eigenvalue weighted by Gasteiger charge is 2.17. The van der Waals surface area contributed by atoms with E-state index in [1.54, 1.807) is 19.1 Å². The lowest BCUT2D eigenvalue weighted by Gasteiger charge is -2.13. The van der Waals surface area contributed by atoms with Crippen LogP contribution in [-0.2, 0) is 10.0 Å². The van der Waals surface area contributed by atoms with Gasteiger partial charge in [-0.25, -0.2) is 8.42 Å². The topological polar surface area (TPSA) is 90.7 Å². The van der Waals surface area contributed by atoms with Crippen LogP contribution in [0.4, 0.5) is 11.4 Å². The van der Waals surface area contributed by atoms with Crippen LogP contribution in [0.1, 0.15) is 19.8 Å². The molecule has 1 aromatic rings. The van der Waals surface area contributed by atoms with Gasteiger partial charge < -0.3 is 15.2 Å². The molecule has 0 aromatic heterocycles. The molecule has 1 heterocycles. The highest BCUT2D eigenvalue weighted by atomic mass is 32.2. The van der Waals surface area contributed by atoms with Crippen LogP contribution in [-0.4, -0.2) is 27.4 Å². The largest absolute Gasteiger partial charge is 0.489 e. The summed E-state index contributed by atoms with van der Waals surface area (Å²) in [6.07, 6.45) is 1.32. The third-order valence-electron chi connectivity index (χ3n) is 2.66. The maximum absolute atomic E-state index is 11.7. The molecule has 6 nitrogen and oxygen atoms in total. The first-order valence-corrected chi connectivity index (χ1v) is 7.86. The lowest BCUT2D eigenvalue weighted by atomic mass is 10.2. The van der Waals surface area contributed by atoms with E-state index >= 15 is 0 Å². The fourth-order valence-electron chi connectivity index (χ4n) is 1.80. The van der Waals surface area contributed by atoms with E-state index in [-0.39, 0.29) is 5.75 Å².